The van der Waals surface area contributed by atoms with Crippen LogP contribution in [0.15, 0.2) is 45.3 Å². The van der Waals surface area contributed by atoms with Crippen LogP contribution in [-0.4, -0.2) is 4.92 Å². The number of nitrogens with one attached hydrogen (secondary N) is 1. The SMILES string of the molecule is O=[N+]([O-])c1ccc(NCc2ccc(F)cc2Br)c(Br)c1. The molecule has 0 aliphatic rings. The van der Waals surface area contributed by atoms with E-state index in [1.165, 1.54) is 24.3 Å². The molecule has 2 aromatic carbocycles. The third-order valence-electron chi connectivity index (χ3n) is 2.65. The lowest BCUT2D eigenvalue weighted by molar-refractivity contribution is -0.384. The van der Waals surface area contributed by atoms with Crippen molar-refractivity contribution in [3.8, 4) is 0 Å². The molecule has 0 heterocycles. The number of nitrogens with zero attached hydrogens (tertiary/aromatic N) is 1. The number of hydrogen-bond donors (Lipinski definition) is 1. The van der Waals surface area contributed by atoms with Gasteiger partial charge in [0.15, 0.2) is 0 Å². The first kappa shape index (κ1) is 14.9. The molecular weight excluding hydrogens is 395 g/mol. The van der Waals surface area contributed by atoms with Gasteiger partial charge in [-0.25, -0.2) is 4.39 Å². The molecular formula is C13H9Br2FN2O2. The molecule has 20 heavy (non-hydrogen) atoms. The molecule has 2 aromatic rings. The maximum Gasteiger partial charge on any atom is 0.270 e. The quantitative estimate of drug-likeness (QED) is 0.585. The summed E-state index contributed by atoms with van der Waals surface area (Å²) in [6.45, 7) is 0.470. The smallest absolute Gasteiger partial charge is 0.270 e. The number of rotatable bonds is 4. The highest BCUT2D eigenvalue weighted by atomic mass is 79.9. The van der Waals surface area contributed by atoms with E-state index < -0.39 is 4.92 Å². The van der Waals surface area contributed by atoms with Crippen molar-refractivity contribution < 1.29 is 9.31 Å². The van der Waals surface area contributed by atoms with E-state index in [0.717, 1.165) is 11.3 Å². The van der Waals surface area contributed by atoms with E-state index in [1.807, 2.05) is 0 Å². The minimum absolute atomic E-state index is 0.0189. The summed E-state index contributed by atoms with van der Waals surface area (Å²) in [7, 11) is 0. The zero-order valence-corrected chi connectivity index (χ0v) is 13.2. The second-order valence-electron chi connectivity index (χ2n) is 4.01. The van der Waals surface area contributed by atoms with Gasteiger partial charge in [-0.2, -0.15) is 0 Å². The molecule has 0 bridgehead atoms. The van der Waals surface area contributed by atoms with E-state index in [4.69, 9.17) is 0 Å². The zero-order chi connectivity index (χ0) is 14.7. The molecule has 0 spiro atoms. The summed E-state index contributed by atoms with van der Waals surface area (Å²) in [6.07, 6.45) is 0. The van der Waals surface area contributed by atoms with Gasteiger partial charge in [0.25, 0.3) is 5.69 Å². The monoisotopic (exact) mass is 402 g/mol. The molecule has 0 radical (unpaired) electrons. The Bertz CT molecular complexity index is 665. The molecule has 0 unspecified atom stereocenters. The normalized spacial score (nSPS) is 10.3. The van der Waals surface area contributed by atoms with Crippen LogP contribution in [0, 0.1) is 15.9 Å². The summed E-state index contributed by atoms with van der Waals surface area (Å²) in [5.74, 6) is -0.308. The van der Waals surface area contributed by atoms with E-state index in [2.05, 4.69) is 37.2 Å². The number of nitro benzene ring substituents is 1. The fourth-order valence-electron chi connectivity index (χ4n) is 1.62. The second kappa shape index (κ2) is 6.32. The fraction of sp³-hybridized carbons (Fsp3) is 0.0769. The highest BCUT2D eigenvalue weighted by molar-refractivity contribution is 9.11. The summed E-state index contributed by atoms with van der Waals surface area (Å²) < 4.78 is 14.2. The number of halogens is 3. The van der Waals surface area contributed by atoms with Crippen molar-refractivity contribution in [2.45, 2.75) is 6.54 Å². The first-order valence-corrected chi connectivity index (χ1v) is 7.17. The summed E-state index contributed by atoms with van der Waals surface area (Å²) in [5, 5.41) is 13.8. The number of hydrogen-bond acceptors (Lipinski definition) is 3. The third kappa shape index (κ3) is 3.55. The van der Waals surface area contributed by atoms with Crippen LogP contribution >= 0.6 is 31.9 Å². The van der Waals surface area contributed by atoms with Crippen LogP contribution in [0.1, 0.15) is 5.56 Å². The molecule has 104 valence electrons. The number of benzene rings is 2. The Hall–Kier alpha value is -1.47. The molecule has 7 heteroatoms. The molecule has 0 saturated heterocycles. The Morgan fingerprint density at radius 2 is 1.90 bits per heavy atom. The van der Waals surface area contributed by atoms with Crippen LogP contribution in [0.4, 0.5) is 15.8 Å². The van der Waals surface area contributed by atoms with Crippen LogP contribution in [-0.2, 0) is 6.54 Å². The van der Waals surface area contributed by atoms with Crippen LogP contribution in [0.5, 0.6) is 0 Å². The summed E-state index contributed by atoms with van der Waals surface area (Å²) in [4.78, 5) is 10.2. The first-order chi connectivity index (χ1) is 9.47. The topological polar surface area (TPSA) is 55.2 Å². The molecule has 1 N–H and O–H groups in total. The number of non-ortho nitro benzene ring substituents is 1. The number of nitro groups is 1. The summed E-state index contributed by atoms with van der Waals surface area (Å²) in [6, 6.07) is 8.93. The van der Waals surface area contributed by atoms with Gasteiger partial charge in [-0.3, -0.25) is 10.1 Å². The Labute approximate surface area is 131 Å². The van der Waals surface area contributed by atoms with Crippen molar-refractivity contribution in [1.29, 1.82) is 0 Å². The van der Waals surface area contributed by atoms with E-state index >= 15 is 0 Å². The van der Waals surface area contributed by atoms with E-state index in [1.54, 1.807) is 12.1 Å². The zero-order valence-electron chi connectivity index (χ0n) is 10.1. The maximum atomic E-state index is 13.0. The largest absolute Gasteiger partial charge is 0.380 e. The Balaban J connectivity index is 2.13. The number of anilines is 1. The van der Waals surface area contributed by atoms with Gasteiger partial charge in [-0.05, 0) is 39.7 Å². The lowest BCUT2D eigenvalue weighted by Gasteiger charge is -2.10. The van der Waals surface area contributed by atoms with Crippen molar-refractivity contribution >= 4 is 43.2 Å². The van der Waals surface area contributed by atoms with Gasteiger partial charge in [0.1, 0.15) is 5.82 Å². The van der Waals surface area contributed by atoms with Crippen LogP contribution in [0.3, 0.4) is 0 Å². The average Bonchev–Trinajstić information content (AvgIpc) is 2.38. The van der Waals surface area contributed by atoms with Gasteiger partial charge in [0.05, 0.1) is 4.92 Å². The fourth-order valence-corrected chi connectivity index (χ4v) is 2.61. The molecule has 0 aliphatic heterocycles. The molecule has 0 saturated carbocycles. The van der Waals surface area contributed by atoms with Crippen molar-refractivity contribution in [1.82, 2.24) is 0 Å². The van der Waals surface area contributed by atoms with Crippen LogP contribution < -0.4 is 5.32 Å². The Morgan fingerprint density at radius 1 is 1.15 bits per heavy atom. The molecule has 0 atom stereocenters. The predicted molar refractivity (Wildman–Crippen MR) is 82.2 cm³/mol. The standard InChI is InChI=1S/C13H9Br2FN2O2/c14-11-5-9(16)2-1-8(11)7-17-13-4-3-10(18(19)20)6-12(13)15/h1-6,17H,7H2. The predicted octanol–water partition coefficient (Wildman–Crippen LogP) is 4.87. The Kier molecular flexibility index (Phi) is 4.72. The molecule has 2 rings (SSSR count). The summed E-state index contributed by atoms with van der Waals surface area (Å²) in [5.41, 5.74) is 1.63. The molecule has 0 aliphatic carbocycles. The highest BCUT2D eigenvalue weighted by Crippen LogP contribution is 2.28. The van der Waals surface area contributed by atoms with Crippen LogP contribution in [0.25, 0.3) is 0 Å². The van der Waals surface area contributed by atoms with Gasteiger partial charge < -0.3 is 5.32 Å². The third-order valence-corrected chi connectivity index (χ3v) is 4.04. The van der Waals surface area contributed by atoms with Gasteiger partial charge in [0.2, 0.25) is 0 Å². The Morgan fingerprint density at radius 3 is 2.50 bits per heavy atom. The summed E-state index contributed by atoms with van der Waals surface area (Å²) >= 11 is 6.57. The highest BCUT2D eigenvalue weighted by Gasteiger charge is 2.09. The maximum absolute atomic E-state index is 13.0. The molecule has 0 fully saturated rings. The minimum Gasteiger partial charge on any atom is -0.380 e. The molecule has 4 nitrogen and oxygen atoms in total. The van der Waals surface area contributed by atoms with Crippen molar-refractivity contribution in [3.63, 3.8) is 0 Å². The molecule has 0 aromatic heterocycles. The van der Waals surface area contributed by atoms with E-state index in [0.29, 0.717) is 15.5 Å². The van der Waals surface area contributed by atoms with Crippen molar-refractivity contribution in [3.05, 3.63) is 66.8 Å². The van der Waals surface area contributed by atoms with Gasteiger partial charge in [-0.1, -0.05) is 22.0 Å². The first-order valence-electron chi connectivity index (χ1n) is 5.59. The molecule has 0 amide bonds. The van der Waals surface area contributed by atoms with Crippen molar-refractivity contribution in [2.75, 3.05) is 5.32 Å². The lowest BCUT2D eigenvalue weighted by atomic mass is 10.2. The van der Waals surface area contributed by atoms with Gasteiger partial charge in [-0.15, -0.1) is 0 Å². The minimum atomic E-state index is -0.453. The van der Waals surface area contributed by atoms with E-state index in [9.17, 15) is 14.5 Å². The van der Waals surface area contributed by atoms with Gasteiger partial charge in [0, 0.05) is 33.3 Å². The second-order valence-corrected chi connectivity index (χ2v) is 5.72. The van der Waals surface area contributed by atoms with Gasteiger partial charge >= 0.3 is 0 Å². The lowest BCUT2D eigenvalue weighted by Crippen LogP contribution is -2.01. The van der Waals surface area contributed by atoms with Crippen molar-refractivity contribution in [2.24, 2.45) is 0 Å². The van der Waals surface area contributed by atoms with Crippen LogP contribution in [0.2, 0.25) is 0 Å². The van der Waals surface area contributed by atoms with E-state index in [-0.39, 0.29) is 11.5 Å². The average molecular weight is 404 g/mol.